The minimum atomic E-state index is -4.71. The number of carboxylic acids is 1. The van der Waals surface area contributed by atoms with Gasteiger partial charge in [-0.25, -0.2) is 0 Å². The molecule has 0 amide bonds. The van der Waals surface area contributed by atoms with Crippen LogP contribution >= 0.6 is 0 Å². The van der Waals surface area contributed by atoms with Crippen LogP contribution in [0.25, 0.3) is 0 Å². The number of hydrogen-bond donors (Lipinski definition) is 1. The number of halogens is 3. The third-order valence-electron chi connectivity index (χ3n) is 1.78. The molecule has 0 radical (unpaired) electrons. The molecule has 16 heavy (non-hydrogen) atoms. The van der Waals surface area contributed by atoms with Crippen molar-refractivity contribution in [2.45, 2.75) is 19.2 Å². The maximum Gasteiger partial charge on any atom is 0.573 e. The van der Waals surface area contributed by atoms with Gasteiger partial charge in [0.25, 0.3) is 0 Å². The Labute approximate surface area is 89.5 Å². The summed E-state index contributed by atoms with van der Waals surface area (Å²) >= 11 is 0. The van der Waals surface area contributed by atoms with E-state index < -0.39 is 12.3 Å². The number of ether oxygens (including phenoxy) is 1. The fourth-order valence-electron chi connectivity index (χ4n) is 1.11. The van der Waals surface area contributed by atoms with Gasteiger partial charge in [0.15, 0.2) is 0 Å². The molecule has 0 fully saturated rings. The molecule has 0 aromatic heterocycles. The summed E-state index contributed by atoms with van der Waals surface area (Å²) in [5, 5.41) is 8.41. The zero-order valence-electron chi connectivity index (χ0n) is 8.12. The van der Waals surface area contributed by atoms with Gasteiger partial charge in [-0.1, -0.05) is 12.1 Å². The van der Waals surface area contributed by atoms with Gasteiger partial charge in [0.05, 0.1) is 0 Å². The van der Waals surface area contributed by atoms with E-state index in [0.717, 1.165) is 12.1 Å². The van der Waals surface area contributed by atoms with Gasteiger partial charge in [-0.2, -0.15) is 0 Å². The van der Waals surface area contributed by atoms with Crippen LogP contribution in [0.1, 0.15) is 12.0 Å². The van der Waals surface area contributed by atoms with Crippen molar-refractivity contribution >= 4 is 5.97 Å². The largest absolute Gasteiger partial charge is 0.573 e. The first-order valence-corrected chi connectivity index (χ1v) is 4.43. The van der Waals surface area contributed by atoms with Crippen LogP contribution in [0.2, 0.25) is 0 Å². The molecule has 0 spiro atoms. The number of carboxylic acid groups (broad SMARTS) is 1. The standard InChI is InChI=1S/C10H9F3O3/c11-10(12,13)16-8-4-1-7(2-5-8)3-6-9(14)15/h1-2,4-5H,3,6H2,(H,14,15). The van der Waals surface area contributed by atoms with Crippen molar-refractivity contribution in [1.82, 2.24) is 0 Å². The number of carbonyl (C=O) groups is 1. The van der Waals surface area contributed by atoms with Gasteiger partial charge in [0, 0.05) is 6.42 Å². The summed E-state index contributed by atoms with van der Waals surface area (Å²) < 4.78 is 39.1. The third kappa shape index (κ3) is 4.68. The quantitative estimate of drug-likeness (QED) is 0.870. The maximum absolute atomic E-state index is 11.8. The summed E-state index contributed by atoms with van der Waals surface area (Å²) in [5.74, 6) is -1.26. The van der Waals surface area contributed by atoms with E-state index in [4.69, 9.17) is 5.11 Å². The molecule has 0 aliphatic carbocycles. The lowest BCUT2D eigenvalue weighted by Crippen LogP contribution is -2.17. The Morgan fingerprint density at radius 1 is 1.25 bits per heavy atom. The topological polar surface area (TPSA) is 46.5 Å². The Bertz CT molecular complexity index is 357. The van der Waals surface area contributed by atoms with Crippen LogP contribution in [-0.4, -0.2) is 17.4 Å². The fraction of sp³-hybridized carbons (Fsp3) is 0.300. The van der Waals surface area contributed by atoms with Gasteiger partial charge >= 0.3 is 12.3 Å². The highest BCUT2D eigenvalue weighted by molar-refractivity contribution is 5.67. The van der Waals surface area contributed by atoms with Gasteiger partial charge in [0.1, 0.15) is 5.75 Å². The number of alkyl halides is 3. The third-order valence-corrected chi connectivity index (χ3v) is 1.78. The van der Waals surface area contributed by atoms with Crippen LogP contribution in [0.15, 0.2) is 24.3 Å². The maximum atomic E-state index is 11.8. The number of rotatable bonds is 4. The number of aliphatic carboxylic acids is 1. The Balaban J connectivity index is 2.57. The van der Waals surface area contributed by atoms with Crippen LogP contribution in [0.3, 0.4) is 0 Å². The molecule has 88 valence electrons. The number of hydrogen-bond acceptors (Lipinski definition) is 2. The van der Waals surface area contributed by atoms with Crippen molar-refractivity contribution in [3.8, 4) is 5.75 Å². The van der Waals surface area contributed by atoms with E-state index in [1.807, 2.05) is 0 Å². The molecule has 1 aromatic rings. The van der Waals surface area contributed by atoms with Gasteiger partial charge in [-0.05, 0) is 24.1 Å². The van der Waals surface area contributed by atoms with E-state index in [1.54, 1.807) is 0 Å². The zero-order valence-corrected chi connectivity index (χ0v) is 8.12. The van der Waals surface area contributed by atoms with Crippen LogP contribution in [0.4, 0.5) is 13.2 Å². The summed E-state index contributed by atoms with van der Waals surface area (Å²) in [6.07, 6.45) is -4.48. The molecule has 1 N–H and O–H groups in total. The highest BCUT2D eigenvalue weighted by Crippen LogP contribution is 2.22. The average Bonchev–Trinajstić information content (AvgIpc) is 2.14. The molecule has 0 heterocycles. The summed E-state index contributed by atoms with van der Waals surface area (Å²) in [6.45, 7) is 0. The van der Waals surface area contributed by atoms with Crippen LogP contribution in [0, 0.1) is 0 Å². The predicted octanol–water partition coefficient (Wildman–Crippen LogP) is 2.60. The van der Waals surface area contributed by atoms with Crippen molar-refractivity contribution in [3.63, 3.8) is 0 Å². The zero-order chi connectivity index (χ0) is 12.2. The average molecular weight is 234 g/mol. The lowest BCUT2D eigenvalue weighted by Gasteiger charge is -2.08. The van der Waals surface area contributed by atoms with Crippen LogP contribution < -0.4 is 4.74 Å². The molecule has 6 heteroatoms. The van der Waals surface area contributed by atoms with Crippen molar-refractivity contribution in [2.75, 3.05) is 0 Å². The smallest absolute Gasteiger partial charge is 0.481 e. The first kappa shape index (κ1) is 12.4. The second kappa shape index (κ2) is 4.87. The second-order valence-electron chi connectivity index (χ2n) is 3.09. The van der Waals surface area contributed by atoms with Gasteiger partial charge in [-0.15, -0.1) is 13.2 Å². The monoisotopic (exact) mass is 234 g/mol. The molecule has 1 rings (SSSR count). The molecule has 0 bridgehead atoms. The van der Waals surface area contributed by atoms with Gasteiger partial charge < -0.3 is 9.84 Å². The van der Waals surface area contributed by atoms with Gasteiger partial charge in [-0.3, -0.25) is 4.79 Å². The van der Waals surface area contributed by atoms with Crippen molar-refractivity contribution in [3.05, 3.63) is 29.8 Å². The van der Waals surface area contributed by atoms with Crippen LogP contribution in [0.5, 0.6) is 5.75 Å². The van der Waals surface area contributed by atoms with E-state index >= 15 is 0 Å². The highest BCUT2D eigenvalue weighted by atomic mass is 19.4. The molecule has 0 aliphatic heterocycles. The molecule has 1 aromatic carbocycles. The van der Waals surface area contributed by atoms with Crippen molar-refractivity contribution in [2.24, 2.45) is 0 Å². The summed E-state index contributed by atoms with van der Waals surface area (Å²) in [5.41, 5.74) is 0.650. The summed E-state index contributed by atoms with van der Waals surface area (Å²) in [6, 6.07) is 5.13. The van der Waals surface area contributed by atoms with E-state index in [9.17, 15) is 18.0 Å². The first-order valence-electron chi connectivity index (χ1n) is 4.43. The Kier molecular flexibility index (Phi) is 3.76. The van der Waals surface area contributed by atoms with E-state index in [2.05, 4.69) is 4.74 Å². The highest BCUT2D eigenvalue weighted by Gasteiger charge is 2.30. The molecule has 0 saturated heterocycles. The lowest BCUT2D eigenvalue weighted by atomic mass is 10.1. The minimum absolute atomic E-state index is 0.0561. The van der Waals surface area contributed by atoms with Gasteiger partial charge in [0.2, 0.25) is 0 Å². The Morgan fingerprint density at radius 2 is 1.81 bits per heavy atom. The SMILES string of the molecule is O=C(O)CCc1ccc(OC(F)(F)F)cc1. The van der Waals surface area contributed by atoms with E-state index in [0.29, 0.717) is 5.56 Å². The second-order valence-corrected chi connectivity index (χ2v) is 3.09. The molecule has 0 atom stereocenters. The van der Waals surface area contributed by atoms with E-state index in [-0.39, 0.29) is 18.6 Å². The fourth-order valence-corrected chi connectivity index (χ4v) is 1.11. The number of aryl methyl sites for hydroxylation is 1. The van der Waals surface area contributed by atoms with E-state index in [1.165, 1.54) is 12.1 Å². The minimum Gasteiger partial charge on any atom is -0.481 e. The summed E-state index contributed by atoms with van der Waals surface area (Å²) in [4.78, 5) is 10.3. The molecule has 0 saturated carbocycles. The number of benzene rings is 1. The molecule has 0 unspecified atom stereocenters. The molecular weight excluding hydrogens is 225 g/mol. The Morgan fingerprint density at radius 3 is 2.25 bits per heavy atom. The normalized spacial score (nSPS) is 11.2. The Hall–Kier alpha value is -1.72. The first-order chi connectivity index (χ1) is 7.37. The van der Waals surface area contributed by atoms with Crippen molar-refractivity contribution in [1.29, 1.82) is 0 Å². The molecule has 3 nitrogen and oxygen atoms in total. The summed E-state index contributed by atoms with van der Waals surface area (Å²) in [7, 11) is 0. The lowest BCUT2D eigenvalue weighted by molar-refractivity contribution is -0.274. The van der Waals surface area contributed by atoms with Crippen LogP contribution in [-0.2, 0) is 11.2 Å². The molecular formula is C10H9F3O3. The van der Waals surface area contributed by atoms with Crippen molar-refractivity contribution < 1.29 is 27.8 Å². The predicted molar refractivity (Wildman–Crippen MR) is 49.1 cm³/mol. The molecule has 0 aliphatic rings.